The van der Waals surface area contributed by atoms with Crippen molar-refractivity contribution in [2.75, 3.05) is 19.2 Å². The van der Waals surface area contributed by atoms with Crippen molar-refractivity contribution in [1.82, 2.24) is 10.6 Å². The van der Waals surface area contributed by atoms with E-state index in [4.69, 9.17) is 21.1 Å². The van der Waals surface area contributed by atoms with E-state index in [2.05, 4.69) is 27.8 Å². The van der Waals surface area contributed by atoms with Gasteiger partial charge in [-0.1, -0.05) is 47.7 Å². The summed E-state index contributed by atoms with van der Waals surface area (Å²) in [5.41, 5.74) is 1.72. The Morgan fingerprint density at radius 2 is 1.62 bits per heavy atom. The van der Waals surface area contributed by atoms with Gasteiger partial charge in [0.25, 0.3) is 11.8 Å². The molecule has 3 amide bonds. The first kappa shape index (κ1) is 32.9. The van der Waals surface area contributed by atoms with Crippen LogP contribution in [0.25, 0.3) is 0 Å². The number of anilines is 1. The van der Waals surface area contributed by atoms with Crippen LogP contribution < -0.4 is 25.4 Å². The van der Waals surface area contributed by atoms with Gasteiger partial charge in [-0.2, -0.15) is 13.2 Å². The summed E-state index contributed by atoms with van der Waals surface area (Å²) in [6.07, 6.45) is -4.51. The molecule has 1 heterocycles. The number of benzene rings is 4. The minimum absolute atomic E-state index is 0.0608. The maximum Gasteiger partial charge on any atom is 0.416 e. The summed E-state index contributed by atoms with van der Waals surface area (Å²) in [4.78, 5) is 39.0. The predicted molar refractivity (Wildman–Crippen MR) is 170 cm³/mol. The standard InChI is InChI=1S/C35H27ClF3N3O5/c1-20-21(8-5-9-28(20)33(44)41-27-17-25(35(37,38)39)16-26(36)18-27)10-11-22-6-3-4-7-23(22)14-29(34(45)40-2)42-32(43)24-12-13-30-31(15-24)47-19-46-30/h3-9,12-13,15-18,29H,14,19H2,1-2H3,(H,40,45)(H,41,44)(H,42,43). The molecule has 1 aliphatic heterocycles. The molecule has 0 aromatic heterocycles. The molecule has 0 radical (unpaired) electrons. The highest BCUT2D eigenvalue weighted by Crippen LogP contribution is 2.34. The number of alkyl halides is 3. The molecule has 0 fully saturated rings. The first-order valence-corrected chi connectivity index (χ1v) is 14.6. The molecule has 12 heteroatoms. The number of hydrogen-bond acceptors (Lipinski definition) is 5. The van der Waals surface area contributed by atoms with E-state index in [0.717, 1.165) is 12.1 Å². The van der Waals surface area contributed by atoms with Crippen molar-refractivity contribution in [1.29, 1.82) is 0 Å². The van der Waals surface area contributed by atoms with Gasteiger partial charge < -0.3 is 25.4 Å². The second kappa shape index (κ2) is 13.9. The molecule has 1 aliphatic rings. The minimum atomic E-state index is -4.63. The quantitative estimate of drug-likeness (QED) is 0.207. The Morgan fingerprint density at radius 1 is 0.894 bits per heavy atom. The lowest BCUT2D eigenvalue weighted by atomic mass is 9.98. The van der Waals surface area contributed by atoms with E-state index in [-0.39, 0.29) is 29.5 Å². The first-order valence-electron chi connectivity index (χ1n) is 14.2. The van der Waals surface area contributed by atoms with Crippen LogP contribution in [0.3, 0.4) is 0 Å². The van der Waals surface area contributed by atoms with Gasteiger partial charge in [-0.3, -0.25) is 14.4 Å². The molecule has 0 aliphatic carbocycles. The van der Waals surface area contributed by atoms with Gasteiger partial charge in [0.05, 0.1) is 5.56 Å². The Kier molecular flexibility index (Phi) is 9.72. The molecular weight excluding hydrogens is 635 g/mol. The predicted octanol–water partition coefficient (Wildman–Crippen LogP) is 6.14. The van der Waals surface area contributed by atoms with Crippen molar-refractivity contribution in [3.05, 3.63) is 123 Å². The maximum atomic E-state index is 13.2. The molecule has 47 heavy (non-hydrogen) atoms. The minimum Gasteiger partial charge on any atom is -0.454 e. The van der Waals surface area contributed by atoms with Crippen LogP contribution in [0.1, 0.15) is 48.5 Å². The van der Waals surface area contributed by atoms with E-state index in [1.807, 2.05) is 0 Å². The average Bonchev–Trinajstić information content (AvgIpc) is 3.51. The van der Waals surface area contributed by atoms with Crippen molar-refractivity contribution < 1.29 is 37.0 Å². The summed E-state index contributed by atoms with van der Waals surface area (Å²) >= 11 is 5.86. The van der Waals surface area contributed by atoms with Gasteiger partial charge in [0.2, 0.25) is 12.7 Å². The molecule has 240 valence electrons. The molecule has 1 unspecified atom stereocenters. The number of ether oxygens (including phenoxy) is 2. The highest BCUT2D eigenvalue weighted by molar-refractivity contribution is 6.31. The fourth-order valence-corrected chi connectivity index (χ4v) is 5.11. The summed E-state index contributed by atoms with van der Waals surface area (Å²) in [6, 6.07) is 18.6. The van der Waals surface area contributed by atoms with E-state index in [9.17, 15) is 27.6 Å². The van der Waals surface area contributed by atoms with E-state index < -0.39 is 35.5 Å². The van der Waals surface area contributed by atoms with Crippen molar-refractivity contribution in [2.45, 2.75) is 25.6 Å². The Bertz CT molecular complexity index is 1930. The zero-order valence-electron chi connectivity index (χ0n) is 25.1. The van der Waals surface area contributed by atoms with E-state index in [1.165, 1.54) is 19.2 Å². The van der Waals surface area contributed by atoms with Crippen LogP contribution in [-0.2, 0) is 17.4 Å². The molecule has 4 aromatic rings. The molecule has 0 spiro atoms. The monoisotopic (exact) mass is 661 g/mol. The van der Waals surface area contributed by atoms with Crippen molar-refractivity contribution in [3.8, 4) is 23.3 Å². The molecule has 1 atom stereocenters. The fraction of sp³-hybridized carbons (Fsp3) is 0.171. The van der Waals surface area contributed by atoms with Crippen molar-refractivity contribution >= 4 is 35.0 Å². The van der Waals surface area contributed by atoms with Gasteiger partial charge in [0.1, 0.15) is 6.04 Å². The van der Waals surface area contributed by atoms with E-state index in [0.29, 0.717) is 39.3 Å². The Hall–Kier alpha value is -5.47. The summed E-state index contributed by atoms with van der Waals surface area (Å²) < 4.78 is 50.4. The lowest BCUT2D eigenvalue weighted by molar-refractivity contribution is -0.137. The second-order valence-corrected chi connectivity index (χ2v) is 10.9. The number of halogens is 4. The molecule has 5 rings (SSSR count). The van der Waals surface area contributed by atoms with Crippen LogP contribution in [0.4, 0.5) is 18.9 Å². The third-order valence-electron chi connectivity index (χ3n) is 7.34. The van der Waals surface area contributed by atoms with Gasteiger partial charge >= 0.3 is 6.18 Å². The summed E-state index contributed by atoms with van der Waals surface area (Å²) in [6.45, 7) is 1.74. The Labute approximate surface area is 273 Å². The zero-order chi connectivity index (χ0) is 33.7. The van der Waals surface area contributed by atoms with Crippen molar-refractivity contribution in [3.63, 3.8) is 0 Å². The third kappa shape index (κ3) is 7.85. The van der Waals surface area contributed by atoms with Crippen LogP contribution in [0.2, 0.25) is 5.02 Å². The number of rotatable bonds is 7. The maximum absolute atomic E-state index is 13.2. The summed E-state index contributed by atoms with van der Waals surface area (Å²) in [5, 5.41) is 7.67. The summed E-state index contributed by atoms with van der Waals surface area (Å²) in [5.74, 6) is 5.61. The molecule has 8 nitrogen and oxygen atoms in total. The van der Waals surface area contributed by atoms with Crippen molar-refractivity contribution in [2.24, 2.45) is 0 Å². The highest BCUT2D eigenvalue weighted by atomic mass is 35.5. The molecule has 0 saturated carbocycles. The summed E-state index contributed by atoms with van der Waals surface area (Å²) in [7, 11) is 1.47. The number of fused-ring (bicyclic) bond motifs is 1. The lowest BCUT2D eigenvalue weighted by Crippen LogP contribution is -2.47. The van der Waals surface area contributed by atoms with Crippen LogP contribution in [0.5, 0.6) is 11.5 Å². The van der Waals surface area contributed by atoms with E-state index >= 15 is 0 Å². The number of hydrogen-bond donors (Lipinski definition) is 3. The largest absolute Gasteiger partial charge is 0.454 e. The fourth-order valence-electron chi connectivity index (χ4n) is 4.88. The molecule has 4 aromatic carbocycles. The van der Waals surface area contributed by atoms with Gasteiger partial charge in [-0.05, 0) is 72.6 Å². The lowest BCUT2D eigenvalue weighted by Gasteiger charge is -2.18. The molecule has 0 saturated heterocycles. The molecule has 0 bridgehead atoms. The van der Waals surface area contributed by atoms with Gasteiger partial charge in [0.15, 0.2) is 11.5 Å². The molecular formula is C35H27ClF3N3O5. The topological polar surface area (TPSA) is 106 Å². The normalized spacial score (nSPS) is 12.4. The van der Waals surface area contributed by atoms with Crippen LogP contribution in [-0.4, -0.2) is 37.6 Å². The highest BCUT2D eigenvalue weighted by Gasteiger charge is 2.31. The van der Waals surface area contributed by atoms with Gasteiger partial charge in [-0.25, -0.2) is 0 Å². The number of carbonyl (C=O) groups is 3. The molecule has 3 N–H and O–H groups in total. The van der Waals surface area contributed by atoms with Gasteiger partial charge in [-0.15, -0.1) is 0 Å². The van der Waals surface area contributed by atoms with E-state index in [1.54, 1.807) is 61.5 Å². The van der Waals surface area contributed by atoms with Crippen LogP contribution in [0.15, 0.2) is 78.9 Å². The van der Waals surface area contributed by atoms with Crippen LogP contribution >= 0.6 is 11.6 Å². The second-order valence-electron chi connectivity index (χ2n) is 10.5. The van der Waals surface area contributed by atoms with Gasteiger partial charge in [0, 0.05) is 46.4 Å². The third-order valence-corrected chi connectivity index (χ3v) is 7.56. The number of likely N-dealkylation sites (N-methyl/N-ethyl adjacent to an activating group) is 1. The Morgan fingerprint density at radius 3 is 2.38 bits per heavy atom. The SMILES string of the molecule is CNC(=O)C(Cc1ccccc1C#Cc1cccc(C(=O)Nc2cc(Cl)cc(C(F)(F)F)c2)c1C)NC(=O)c1ccc2c(c1)OCO2. The van der Waals surface area contributed by atoms with Crippen LogP contribution in [0, 0.1) is 18.8 Å². The average molecular weight is 662 g/mol. The first-order chi connectivity index (χ1) is 22.4. The Balaban J connectivity index is 1.35. The number of amides is 3. The smallest absolute Gasteiger partial charge is 0.416 e. The number of carbonyl (C=O) groups excluding carboxylic acids is 3. The number of nitrogens with one attached hydrogen (secondary N) is 3. The zero-order valence-corrected chi connectivity index (χ0v) is 25.8.